The van der Waals surface area contributed by atoms with E-state index >= 15 is 0 Å². The third-order valence-electron chi connectivity index (χ3n) is 3.03. The van der Waals surface area contributed by atoms with Crippen LogP contribution in [0, 0.1) is 5.82 Å². The highest BCUT2D eigenvalue weighted by molar-refractivity contribution is 5.40. The van der Waals surface area contributed by atoms with Gasteiger partial charge in [-0.1, -0.05) is 13.0 Å². The molecule has 112 valence electrons. The number of halogens is 1. The van der Waals surface area contributed by atoms with Gasteiger partial charge in [0.15, 0.2) is 0 Å². The molecule has 0 aliphatic rings. The van der Waals surface area contributed by atoms with Gasteiger partial charge in [0.25, 0.3) is 0 Å². The van der Waals surface area contributed by atoms with Gasteiger partial charge in [0, 0.05) is 18.2 Å². The summed E-state index contributed by atoms with van der Waals surface area (Å²) in [7, 11) is 1.61. The molecule has 0 saturated heterocycles. The second-order valence-corrected chi connectivity index (χ2v) is 4.71. The first-order chi connectivity index (χ1) is 10.2. The standard InChI is InChI=1S/C17H20FNO2/c1-3-9-19-12-13-10-14(18)7-8-17(13)21-16-6-4-5-15(11-16)20-2/h4-8,10-11,19H,3,9,12H2,1-2H3. The van der Waals surface area contributed by atoms with Crippen molar-refractivity contribution in [3.8, 4) is 17.2 Å². The Bertz CT molecular complexity index is 587. The summed E-state index contributed by atoms with van der Waals surface area (Å²) < 4.78 is 24.4. The lowest BCUT2D eigenvalue weighted by Gasteiger charge is -2.12. The van der Waals surface area contributed by atoms with E-state index in [1.807, 2.05) is 18.2 Å². The van der Waals surface area contributed by atoms with Crippen molar-refractivity contribution >= 4 is 0 Å². The van der Waals surface area contributed by atoms with Gasteiger partial charge >= 0.3 is 0 Å². The Morgan fingerprint density at radius 3 is 2.67 bits per heavy atom. The van der Waals surface area contributed by atoms with E-state index in [4.69, 9.17) is 9.47 Å². The molecule has 3 nitrogen and oxygen atoms in total. The Balaban J connectivity index is 2.17. The van der Waals surface area contributed by atoms with Gasteiger partial charge in [-0.05, 0) is 43.3 Å². The van der Waals surface area contributed by atoms with Crippen molar-refractivity contribution in [2.75, 3.05) is 13.7 Å². The van der Waals surface area contributed by atoms with E-state index in [-0.39, 0.29) is 5.82 Å². The maximum absolute atomic E-state index is 13.4. The fourth-order valence-corrected chi connectivity index (χ4v) is 1.98. The zero-order valence-corrected chi connectivity index (χ0v) is 12.4. The van der Waals surface area contributed by atoms with Crippen LogP contribution >= 0.6 is 0 Å². The van der Waals surface area contributed by atoms with Crippen molar-refractivity contribution < 1.29 is 13.9 Å². The minimum Gasteiger partial charge on any atom is -0.497 e. The topological polar surface area (TPSA) is 30.5 Å². The normalized spacial score (nSPS) is 10.4. The molecule has 0 saturated carbocycles. The second-order valence-electron chi connectivity index (χ2n) is 4.71. The maximum atomic E-state index is 13.4. The Labute approximate surface area is 124 Å². The molecule has 4 heteroatoms. The van der Waals surface area contributed by atoms with Crippen LogP contribution in [0.3, 0.4) is 0 Å². The molecule has 2 aromatic rings. The number of nitrogens with one attached hydrogen (secondary N) is 1. The summed E-state index contributed by atoms with van der Waals surface area (Å²) in [6.45, 7) is 3.55. The van der Waals surface area contributed by atoms with Crippen molar-refractivity contribution in [1.29, 1.82) is 0 Å². The molecule has 0 fully saturated rings. The molecule has 0 spiro atoms. The quantitative estimate of drug-likeness (QED) is 0.778. The minimum absolute atomic E-state index is 0.263. The summed E-state index contributed by atoms with van der Waals surface area (Å²) in [5, 5.41) is 3.26. The van der Waals surface area contributed by atoms with Crippen LogP contribution < -0.4 is 14.8 Å². The van der Waals surface area contributed by atoms with Crippen molar-refractivity contribution in [3.63, 3.8) is 0 Å². The van der Waals surface area contributed by atoms with E-state index in [2.05, 4.69) is 12.2 Å². The van der Waals surface area contributed by atoms with Crippen LogP contribution in [-0.4, -0.2) is 13.7 Å². The minimum atomic E-state index is -0.263. The highest BCUT2D eigenvalue weighted by Crippen LogP contribution is 2.28. The van der Waals surface area contributed by atoms with Crippen LogP contribution in [0.1, 0.15) is 18.9 Å². The molecule has 0 aliphatic heterocycles. The molecular formula is C17H20FNO2. The van der Waals surface area contributed by atoms with Crippen LogP contribution in [0.4, 0.5) is 4.39 Å². The predicted molar refractivity (Wildman–Crippen MR) is 81.5 cm³/mol. The molecule has 2 rings (SSSR count). The van der Waals surface area contributed by atoms with E-state index in [9.17, 15) is 4.39 Å². The van der Waals surface area contributed by atoms with Crippen LogP contribution in [0.2, 0.25) is 0 Å². The van der Waals surface area contributed by atoms with Gasteiger partial charge in [-0.3, -0.25) is 0 Å². The second kappa shape index (κ2) is 7.64. The van der Waals surface area contributed by atoms with Crippen LogP contribution in [0.5, 0.6) is 17.2 Å². The van der Waals surface area contributed by atoms with Gasteiger partial charge in [0.1, 0.15) is 23.1 Å². The van der Waals surface area contributed by atoms with Gasteiger partial charge in [-0.25, -0.2) is 4.39 Å². The molecule has 0 atom stereocenters. The molecule has 2 aromatic carbocycles. The predicted octanol–water partition coefficient (Wildman–Crippen LogP) is 4.13. The highest BCUT2D eigenvalue weighted by atomic mass is 19.1. The fraction of sp³-hybridized carbons (Fsp3) is 0.294. The summed E-state index contributed by atoms with van der Waals surface area (Å²) >= 11 is 0. The van der Waals surface area contributed by atoms with E-state index < -0.39 is 0 Å². The Kier molecular flexibility index (Phi) is 5.58. The molecule has 21 heavy (non-hydrogen) atoms. The van der Waals surface area contributed by atoms with Gasteiger partial charge in [-0.15, -0.1) is 0 Å². The third kappa shape index (κ3) is 4.46. The first kappa shape index (κ1) is 15.3. The fourth-order valence-electron chi connectivity index (χ4n) is 1.98. The van der Waals surface area contributed by atoms with E-state index in [0.717, 1.165) is 24.3 Å². The number of hydrogen-bond donors (Lipinski definition) is 1. The average Bonchev–Trinajstić information content (AvgIpc) is 2.50. The van der Waals surface area contributed by atoms with E-state index in [1.54, 1.807) is 19.2 Å². The number of benzene rings is 2. The summed E-state index contributed by atoms with van der Waals surface area (Å²) in [5.74, 6) is 1.77. The van der Waals surface area contributed by atoms with Crippen LogP contribution in [-0.2, 0) is 6.54 Å². The summed E-state index contributed by atoms with van der Waals surface area (Å²) in [6.07, 6.45) is 1.03. The number of methoxy groups -OCH3 is 1. The smallest absolute Gasteiger partial charge is 0.132 e. The van der Waals surface area contributed by atoms with E-state index in [0.29, 0.717) is 18.0 Å². The van der Waals surface area contributed by atoms with E-state index in [1.165, 1.54) is 12.1 Å². The lowest BCUT2D eigenvalue weighted by Crippen LogP contribution is -2.14. The summed E-state index contributed by atoms with van der Waals surface area (Å²) in [5.41, 5.74) is 0.797. The van der Waals surface area contributed by atoms with Gasteiger partial charge in [0.2, 0.25) is 0 Å². The van der Waals surface area contributed by atoms with Crippen LogP contribution in [0.15, 0.2) is 42.5 Å². The zero-order chi connectivity index (χ0) is 15.1. The SMILES string of the molecule is CCCNCc1cc(F)ccc1Oc1cccc(OC)c1. The van der Waals surface area contributed by atoms with Gasteiger partial charge < -0.3 is 14.8 Å². The third-order valence-corrected chi connectivity index (χ3v) is 3.03. The molecule has 0 bridgehead atoms. The van der Waals surface area contributed by atoms with Crippen LogP contribution in [0.25, 0.3) is 0 Å². The monoisotopic (exact) mass is 289 g/mol. The molecule has 0 heterocycles. The molecule has 1 N–H and O–H groups in total. The van der Waals surface area contributed by atoms with Crippen molar-refractivity contribution in [2.45, 2.75) is 19.9 Å². The zero-order valence-electron chi connectivity index (χ0n) is 12.4. The molecule has 0 radical (unpaired) electrons. The molecule has 0 amide bonds. The van der Waals surface area contributed by atoms with Gasteiger partial charge in [0.05, 0.1) is 7.11 Å². The number of ether oxygens (including phenoxy) is 2. The largest absolute Gasteiger partial charge is 0.497 e. The average molecular weight is 289 g/mol. The summed E-state index contributed by atoms with van der Waals surface area (Å²) in [4.78, 5) is 0. The summed E-state index contributed by atoms with van der Waals surface area (Å²) in [6, 6.07) is 11.9. The first-order valence-corrected chi connectivity index (χ1v) is 7.04. The molecular weight excluding hydrogens is 269 g/mol. The Morgan fingerprint density at radius 1 is 1.10 bits per heavy atom. The molecule has 0 aromatic heterocycles. The van der Waals surface area contributed by atoms with Crippen molar-refractivity contribution in [2.24, 2.45) is 0 Å². The van der Waals surface area contributed by atoms with Crippen molar-refractivity contribution in [1.82, 2.24) is 5.32 Å². The van der Waals surface area contributed by atoms with Gasteiger partial charge in [-0.2, -0.15) is 0 Å². The first-order valence-electron chi connectivity index (χ1n) is 7.04. The molecule has 0 unspecified atom stereocenters. The lowest BCUT2D eigenvalue weighted by atomic mass is 10.2. The molecule has 0 aliphatic carbocycles. The Hall–Kier alpha value is -2.07. The highest BCUT2D eigenvalue weighted by Gasteiger charge is 2.07. The number of rotatable bonds is 7. The van der Waals surface area contributed by atoms with Crippen molar-refractivity contribution in [3.05, 3.63) is 53.8 Å². The number of hydrogen-bond acceptors (Lipinski definition) is 3. The Morgan fingerprint density at radius 2 is 1.90 bits per heavy atom. The maximum Gasteiger partial charge on any atom is 0.132 e. The lowest BCUT2D eigenvalue weighted by molar-refractivity contribution is 0.408.